The van der Waals surface area contributed by atoms with Crippen LogP contribution in [0, 0.1) is 0 Å². The summed E-state index contributed by atoms with van der Waals surface area (Å²) in [5.74, 6) is -2.05. The molecule has 100 valence electrons. The summed E-state index contributed by atoms with van der Waals surface area (Å²) >= 11 is 0. The second kappa shape index (κ2) is 9.09. The van der Waals surface area contributed by atoms with Gasteiger partial charge in [0.2, 0.25) is 0 Å². The molecule has 0 aliphatic heterocycles. The van der Waals surface area contributed by atoms with E-state index < -0.39 is 11.9 Å². The van der Waals surface area contributed by atoms with Gasteiger partial charge in [-0.1, -0.05) is 13.8 Å². The molecule has 0 unspecified atom stereocenters. The smallest absolute Gasteiger partial charge is 0.331 e. The molecule has 0 saturated heterocycles. The Labute approximate surface area is 105 Å². The molecule has 0 fully saturated rings. The van der Waals surface area contributed by atoms with Crippen LogP contribution in [0.4, 0.5) is 0 Å². The minimum Gasteiger partial charge on any atom is -0.455 e. The Morgan fingerprint density at radius 2 is 1.11 bits per heavy atom. The highest BCUT2D eigenvalue weighted by Gasteiger charge is 2.05. The first-order valence-electron chi connectivity index (χ1n) is 5.54. The first-order chi connectivity index (χ1) is 8.49. The van der Waals surface area contributed by atoms with E-state index >= 15 is 0 Å². The predicted molar refractivity (Wildman–Crippen MR) is 61.7 cm³/mol. The topological polar surface area (TPSA) is 86.7 Å². The van der Waals surface area contributed by atoms with Gasteiger partial charge in [0.1, 0.15) is 13.2 Å². The quantitative estimate of drug-likeness (QED) is 0.466. The molecule has 0 aliphatic carbocycles. The van der Waals surface area contributed by atoms with Gasteiger partial charge in [-0.05, 0) is 0 Å². The Morgan fingerprint density at radius 3 is 1.39 bits per heavy atom. The Kier molecular flexibility index (Phi) is 8.09. The maximum atomic E-state index is 11.0. The second-order valence-corrected chi connectivity index (χ2v) is 3.33. The zero-order valence-electron chi connectivity index (χ0n) is 10.4. The average Bonchev–Trinajstić information content (AvgIpc) is 2.39. The maximum absolute atomic E-state index is 11.0. The summed E-state index contributed by atoms with van der Waals surface area (Å²) < 4.78 is 9.08. The molecule has 0 aromatic rings. The van der Waals surface area contributed by atoms with Gasteiger partial charge in [-0.15, -0.1) is 0 Å². The number of hydrogen-bond acceptors (Lipinski definition) is 6. The van der Waals surface area contributed by atoms with Gasteiger partial charge in [-0.3, -0.25) is 9.59 Å². The summed E-state index contributed by atoms with van der Waals surface area (Å²) in [7, 11) is 0. The van der Waals surface area contributed by atoms with Crippen LogP contribution < -0.4 is 0 Å². The third kappa shape index (κ3) is 8.20. The first kappa shape index (κ1) is 16.0. The van der Waals surface area contributed by atoms with Crippen LogP contribution >= 0.6 is 0 Å². The van der Waals surface area contributed by atoms with E-state index in [0.717, 1.165) is 12.2 Å². The van der Waals surface area contributed by atoms with Gasteiger partial charge in [0, 0.05) is 25.0 Å². The molecule has 0 amide bonds. The van der Waals surface area contributed by atoms with E-state index in [2.05, 4.69) is 9.47 Å². The van der Waals surface area contributed by atoms with Gasteiger partial charge < -0.3 is 9.47 Å². The predicted octanol–water partition coefficient (Wildman–Crippen LogP) is 0.587. The van der Waals surface area contributed by atoms with E-state index in [1.807, 2.05) is 0 Å². The molecular weight excluding hydrogens is 240 g/mol. The van der Waals surface area contributed by atoms with Crippen molar-refractivity contribution in [2.24, 2.45) is 0 Å². The molecular formula is C12H16O6. The lowest BCUT2D eigenvalue weighted by molar-refractivity contribution is -0.144. The minimum absolute atomic E-state index is 0.215. The van der Waals surface area contributed by atoms with Crippen LogP contribution in [0.25, 0.3) is 0 Å². The summed E-state index contributed by atoms with van der Waals surface area (Å²) in [5, 5.41) is 0. The molecule has 0 aromatic heterocycles. The third-order valence-corrected chi connectivity index (χ3v) is 1.90. The number of hydrogen-bond donors (Lipinski definition) is 0. The standard InChI is InChI=1S/C12H16O6/c1-3-9(13)7-17-11(15)5-6-12(16)18-8-10(14)4-2/h5-6H,3-4,7-8H2,1-2H3/b6-5+. The molecule has 18 heavy (non-hydrogen) atoms. The molecule has 0 atom stereocenters. The molecule has 0 spiro atoms. The normalized spacial score (nSPS) is 10.1. The van der Waals surface area contributed by atoms with Gasteiger partial charge in [-0.25, -0.2) is 9.59 Å². The van der Waals surface area contributed by atoms with Gasteiger partial charge in [0.05, 0.1) is 0 Å². The van der Waals surface area contributed by atoms with Crippen molar-refractivity contribution in [3.63, 3.8) is 0 Å². The number of ether oxygens (including phenoxy) is 2. The Morgan fingerprint density at radius 1 is 0.778 bits per heavy atom. The van der Waals surface area contributed by atoms with Crippen LogP contribution in [0.1, 0.15) is 26.7 Å². The number of carbonyl (C=O) groups excluding carboxylic acids is 4. The fraction of sp³-hybridized carbons (Fsp3) is 0.500. The molecule has 0 aliphatic rings. The number of ketones is 2. The van der Waals surface area contributed by atoms with Crippen LogP contribution in [-0.2, 0) is 28.7 Å². The van der Waals surface area contributed by atoms with Crippen LogP contribution in [-0.4, -0.2) is 36.7 Å². The van der Waals surface area contributed by atoms with Crippen molar-refractivity contribution < 1.29 is 28.7 Å². The van der Waals surface area contributed by atoms with Crippen LogP contribution in [0.15, 0.2) is 12.2 Å². The van der Waals surface area contributed by atoms with Crippen molar-refractivity contribution in [2.45, 2.75) is 26.7 Å². The highest BCUT2D eigenvalue weighted by molar-refractivity contribution is 5.93. The summed E-state index contributed by atoms with van der Waals surface area (Å²) in [6, 6.07) is 0. The van der Waals surface area contributed by atoms with Crippen molar-refractivity contribution in [1.82, 2.24) is 0 Å². The SMILES string of the molecule is CCC(=O)COC(=O)/C=C/C(=O)OCC(=O)CC. The molecule has 6 heteroatoms. The van der Waals surface area contributed by atoms with Gasteiger partial charge >= 0.3 is 11.9 Å². The molecule has 6 nitrogen and oxygen atoms in total. The van der Waals surface area contributed by atoms with Crippen LogP contribution in [0.3, 0.4) is 0 Å². The molecule has 0 aromatic carbocycles. The summed E-state index contributed by atoms with van der Waals surface area (Å²) in [6.45, 7) is 2.66. The maximum Gasteiger partial charge on any atom is 0.331 e. The zero-order chi connectivity index (χ0) is 14.0. The van der Waals surface area contributed by atoms with Crippen molar-refractivity contribution in [3.8, 4) is 0 Å². The minimum atomic E-state index is -0.810. The molecule has 0 radical (unpaired) electrons. The lowest BCUT2D eigenvalue weighted by atomic mass is 10.3. The average molecular weight is 256 g/mol. The molecule has 0 N–H and O–H groups in total. The lowest BCUT2D eigenvalue weighted by Gasteiger charge is -2.00. The Hall–Kier alpha value is -1.98. The van der Waals surface area contributed by atoms with Gasteiger partial charge in [0.15, 0.2) is 11.6 Å². The Balaban J connectivity index is 3.92. The fourth-order valence-corrected chi connectivity index (χ4v) is 0.740. The summed E-state index contributed by atoms with van der Waals surface area (Å²) in [4.78, 5) is 43.7. The highest BCUT2D eigenvalue weighted by Crippen LogP contribution is 1.89. The van der Waals surface area contributed by atoms with E-state index in [1.165, 1.54) is 0 Å². The number of esters is 2. The van der Waals surface area contributed by atoms with Gasteiger partial charge in [0.25, 0.3) is 0 Å². The van der Waals surface area contributed by atoms with Crippen molar-refractivity contribution in [2.75, 3.05) is 13.2 Å². The third-order valence-electron chi connectivity index (χ3n) is 1.90. The van der Waals surface area contributed by atoms with Crippen LogP contribution in [0.5, 0.6) is 0 Å². The largest absolute Gasteiger partial charge is 0.455 e. The van der Waals surface area contributed by atoms with E-state index in [1.54, 1.807) is 13.8 Å². The molecule has 0 bridgehead atoms. The lowest BCUT2D eigenvalue weighted by Crippen LogP contribution is -2.13. The van der Waals surface area contributed by atoms with E-state index in [4.69, 9.17) is 0 Å². The van der Waals surface area contributed by atoms with E-state index in [-0.39, 0.29) is 37.6 Å². The molecule has 0 saturated carbocycles. The van der Waals surface area contributed by atoms with Crippen molar-refractivity contribution in [1.29, 1.82) is 0 Å². The number of carbonyl (C=O) groups is 4. The van der Waals surface area contributed by atoms with Gasteiger partial charge in [-0.2, -0.15) is 0 Å². The summed E-state index contributed by atoms with van der Waals surface area (Å²) in [6.07, 6.45) is 2.25. The number of rotatable bonds is 8. The Bertz CT molecular complexity index is 322. The van der Waals surface area contributed by atoms with E-state index in [9.17, 15) is 19.2 Å². The second-order valence-electron chi connectivity index (χ2n) is 3.33. The van der Waals surface area contributed by atoms with Crippen molar-refractivity contribution >= 4 is 23.5 Å². The summed E-state index contributed by atoms with van der Waals surface area (Å²) in [5.41, 5.74) is 0. The zero-order valence-corrected chi connectivity index (χ0v) is 10.4. The van der Waals surface area contributed by atoms with Crippen LogP contribution in [0.2, 0.25) is 0 Å². The number of Topliss-reactive ketones (excluding diaryl/α,β-unsaturated/α-hetero) is 2. The molecule has 0 heterocycles. The molecule has 0 rings (SSSR count). The first-order valence-corrected chi connectivity index (χ1v) is 5.54. The van der Waals surface area contributed by atoms with E-state index in [0.29, 0.717) is 0 Å². The highest BCUT2D eigenvalue weighted by atomic mass is 16.5. The fourth-order valence-electron chi connectivity index (χ4n) is 0.740. The monoisotopic (exact) mass is 256 g/mol. The van der Waals surface area contributed by atoms with Crippen molar-refractivity contribution in [3.05, 3.63) is 12.2 Å².